The summed E-state index contributed by atoms with van der Waals surface area (Å²) in [5.74, 6) is 0.313. The van der Waals surface area contributed by atoms with Crippen LogP contribution in [0.15, 0.2) is 42.5 Å². The maximum Gasteiger partial charge on any atom is 0.115 e. The lowest BCUT2D eigenvalue weighted by atomic mass is 9.87. The van der Waals surface area contributed by atoms with Gasteiger partial charge in [-0.15, -0.1) is 0 Å². The molecule has 4 heteroatoms. The van der Waals surface area contributed by atoms with E-state index in [1.165, 1.54) is 11.1 Å². The molecular formula is C18H20ClNO2. The second-order valence-electron chi connectivity index (χ2n) is 5.85. The fraction of sp³-hybridized carbons (Fsp3) is 0.333. The second-order valence-corrected chi connectivity index (χ2v) is 6.29. The molecule has 2 unspecified atom stereocenters. The highest BCUT2D eigenvalue weighted by Crippen LogP contribution is 2.27. The first-order chi connectivity index (χ1) is 10.7. The minimum absolute atomic E-state index is 0.0315. The van der Waals surface area contributed by atoms with Gasteiger partial charge >= 0.3 is 0 Å². The summed E-state index contributed by atoms with van der Waals surface area (Å²) >= 11 is 6.04. The first-order valence-corrected chi connectivity index (χ1v) is 7.96. The number of phenols is 1. The van der Waals surface area contributed by atoms with Gasteiger partial charge in [0.1, 0.15) is 5.75 Å². The number of fused-ring (bicyclic) bond motifs is 1. The summed E-state index contributed by atoms with van der Waals surface area (Å²) in [4.78, 5) is 0. The van der Waals surface area contributed by atoms with Crippen molar-refractivity contribution in [1.29, 1.82) is 0 Å². The van der Waals surface area contributed by atoms with Gasteiger partial charge in [-0.05, 0) is 60.2 Å². The van der Waals surface area contributed by atoms with E-state index in [1.54, 1.807) is 6.07 Å². The van der Waals surface area contributed by atoms with E-state index in [0.717, 1.165) is 24.8 Å². The Labute approximate surface area is 135 Å². The van der Waals surface area contributed by atoms with Crippen LogP contribution in [-0.2, 0) is 12.8 Å². The Hall–Kier alpha value is -1.55. The van der Waals surface area contributed by atoms with Crippen LogP contribution in [0.1, 0.15) is 29.2 Å². The molecule has 0 fully saturated rings. The monoisotopic (exact) mass is 317 g/mol. The number of phenolic OH excluding ortho intramolecular Hbond substituents is 1. The number of halogens is 1. The van der Waals surface area contributed by atoms with Crippen molar-refractivity contribution in [3.8, 4) is 5.75 Å². The van der Waals surface area contributed by atoms with Crippen molar-refractivity contribution in [3.05, 3.63) is 64.2 Å². The van der Waals surface area contributed by atoms with Crippen LogP contribution in [0.25, 0.3) is 0 Å². The Bertz CT molecular complexity index is 659. The van der Waals surface area contributed by atoms with E-state index in [-0.39, 0.29) is 18.7 Å². The molecule has 2 aromatic rings. The molecule has 116 valence electrons. The number of benzene rings is 2. The first kappa shape index (κ1) is 15.3. The maximum absolute atomic E-state index is 9.69. The van der Waals surface area contributed by atoms with Gasteiger partial charge in [0.05, 0.1) is 12.6 Å². The Morgan fingerprint density at radius 2 is 2.05 bits per heavy atom. The molecule has 0 spiro atoms. The van der Waals surface area contributed by atoms with E-state index in [4.69, 9.17) is 11.6 Å². The SMILES string of the molecule is OCC(NC1CCc2ccc(O)cc2C1)c1cccc(Cl)c1. The third-order valence-electron chi connectivity index (χ3n) is 4.29. The van der Waals surface area contributed by atoms with Gasteiger partial charge in [0.15, 0.2) is 0 Å². The molecule has 0 aromatic heterocycles. The zero-order valence-corrected chi connectivity index (χ0v) is 13.1. The molecule has 0 bridgehead atoms. The fourth-order valence-electron chi connectivity index (χ4n) is 3.15. The van der Waals surface area contributed by atoms with E-state index in [9.17, 15) is 10.2 Å². The molecule has 2 atom stereocenters. The van der Waals surface area contributed by atoms with Crippen molar-refractivity contribution in [3.63, 3.8) is 0 Å². The quantitative estimate of drug-likeness (QED) is 0.811. The second kappa shape index (κ2) is 6.69. The van der Waals surface area contributed by atoms with Crippen molar-refractivity contribution in [2.75, 3.05) is 6.61 Å². The van der Waals surface area contributed by atoms with Crippen molar-refractivity contribution in [2.24, 2.45) is 0 Å². The number of rotatable bonds is 4. The number of aromatic hydroxyl groups is 1. The highest BCUT2D eigenvalue weighted by molar-refractivity contribution is 6.30. The van der Waals surface area contributed by atoms with Crippen molar-refractivity contribution >= 4 is 11.6 Å². The number of aliphatic hydroxyl groups is 1. The lowest BCUT2D eigenvalue weighted by molar-refractivity contribution is 0.228. The summed E-state index contributed by atoms with van der Waals surface area (Å²) < 4.78 is 0. The fourth-order valence-corrected chi connectivity index (χ4v) is 3.35. The lowest BCUT2D eigenvalue weighted by Gasteiger charge is -2.29. The summed E-state index contributed by atoms with van der Waals surface area (Å²) in [5, 5.41) is 23.5. The summed E-state index contributed by atoms with van der Waals surface area (Å²) in [6.07, 6.45) is 2.87. The Kier molecular flexibility index (Phi) is 4.67. The molecule has 3 nitrogen and oxygen atoms in total. The molecular weight excluding hydrogens is 298 g/mol. The number of nitrogens with one attached hydrogen (secondary N) is 1. The van der Waals surface area contributed by atoms with Crippen LogP contribution >= 0.6 is 11.6 Å². The molecule has 2 aromatic carbocycles. The smallest absolute Gasteiger partial charge is 0.115 e. The average Bonchev–Trinajstić information content (AvgIpc) is 2.52. The van der Waals surface area contributed by atoms with Crippen LogP contribution in [0, 0.1) is 0 Å². The third kappa shape index (κ3) is 3.43. The van der Waals surface area contributed by atoms with Crippen LogP contribution in [-0.4, -0.2) is 22.9 Å². The van der Waals surface area contributed by atoms with Crippen LogP contribution in [0.3, 0.4) is 0 Å². The zero-order chi connectivity index (χ0) is 15.5. The molecule has 0 aliphatic heterocycles. The van der Waals surface area contributed by atoms with Gasteiger partial charge in [-0.25, -0.2) is 0 Å². The molecule has 0 heterocycles. The van der Waals surface area contributed by atoms with Gasteiger partial charge in [-0.1, -0.05) is 29.8 Å². The van der Waals surface area contributed by atoms with Crippen molar-refractivity contribution < 1.29 is 10.2 Å². The molecule has 0 amide bonds. The molecule has 0 radical (unpaired) electrons. The molecule has 0 saturated heterocycles. The topological polar surface area (TPSA) is 52.5 Å². The minimum Gasteiger partial charge on any atom is -0.508 e. The molecule has 3 rings (SSSR count). The van der Waals surface area contributed by atoms with E-state index in [1.807, 2.05) is 36.4 Å². The zero-order valence-electron chi connectivity index (χ0n) is 12.3. The lowest BCUT2D eigenvalue weighted by Crippen LogP contribution is -2.38. The molecule has 1 aliphatic carbocycles. The molecule has 0 saturated carbocycles. The minimum atomic E-state index is -0.123. The van der Waals surface area contributed by atoms with Crippen LogP contribution < -0.4 is 5.32 Å². The number of aliphatic hydroxyl groups excluding tert-OH is 1. The van der Waals surface area contributed by atoms with Crippen LogP contribution in [0.4, 0.5) is 0 Å². The predicted molar refractivity (Wildman–Crippen MR) is 88.3 cm³/mol. The highest BCUT2D eigenvalue weighted by atomic mass is 35.5. The average molecular weight is 318 g/mol. The van der Waals surface area contributed by atoms with Gasteiger partial charge in [0.25, 0.3) is 0 Å². The molecule has 22 heavy (non-hydrogen) atoms. The summed E-state index contributed by atoms with van der Waals surface area (Å²) in [5.41, 5.74) is 3.49. The third-order valence-corrected chi connectivity index (χ3v) is 4.52. The van der Waals surface area contributed by atoms with Crippen LogP contribution in [0.5, 0.6) is 5.75 Å². The van der Waals surface area contributed by atoms with E-state index in [2.05, 4.69) is 5.32 Å². The highest BCUT2D eigenvalue weighted by Gasteiger charge is 2.22. The predicted octanol–water partition coefficient (Wildman–Crippen LogP) is 3.23. The van der Waals surface area contributed by atoms with E-state index < -0.39 is 0 Å². The first-order valence-electron chi connectivity index (χ1n) is 7.59. The normalized spacial score (nSPS) is 18.7. The number of hydrogen-bond acceptors (Lipinski definition) is 3. The van der Waals surface area contributed by atoms with Gasteiger partial charge in [-0.2, -0.15) is 0 Å². The van der Waals surface area contributed by atoms with Crippen LogP contribution in [0.2, 0.25) is 5.02 Å². The Balaban J connectivity index is 1.72. The largest absolute Gasteiger partial charge is 0.508 e. The van der Waals surface area contributed by atoms with Crippen molar-refractivity contribution in [2.45, 2.75) is 31.3 Å². The standard InChI is InChI=1S/C18H20ClNO2/c19-15-3-1-2-13(8-15)18(11-21)20-16-6-4-12-5-7-17(22)10-14(12)9-16/h1-3,5,7-8,10,16,18,20-22H,4,6,9,11H2. The van der Waals surface area contributed by atoms with Gasteiger partial charge < -0.3 is 15.5 Å². The number of hydrogen-bond donors (Lipinski definition) is 3. The summed E-state index contributed by atoms with van der Waals surface area (Å²) in [6.45, 7) is 0.0315. The summed E-state index contributed by atoms with van der Waals surface area (Å²) in [7, 11) is 0. The van der Waals surface area contributed by atoms with Gasteiger partial charge in [0.2, 0.25) is 0 Å². The number of aryl methyl sites for hydroxylation is 1. The Morgan fingerprint density at radius 3 is 2.82 bits per heavy atom. The molecule has 3 N–H and O–H groups in total. The van der Waals surface area contributed by atoms with E-state index in [0.29, 0.717) is 10.8 Å². The van der Waals surface area contributed by atoms with Gasteiger partial charge in [-0.3, -0.25) is 0 Å². The Morgan fingerprint density at radius 1 is 1.18 bits per heavy atom. The maximum atomic E-state index is 9.69. The molecule has 1 aliphatic rings. The van der Waals surface area contributed by atoms with Gasteiger partial charge in [0, 0.05) is 11.1 Å². The van der Waals surface area contributed by atoms with Crippen molar-refractivity contribution in [1.82, 2.24) is 5.32 Å². The van der Waals surface area contributed by atoms with E-state index >= 15 is 0 Å². The summed E-state index contributed by atoms with van der Waals surface area (Å²) in [6, 6.07) is 13.3.